The van der Waals surface area contributed by atoms with Crippen molar-refractivity contribution in [2.45, 2.75) is 20.8 Å². The number of anilines is 1. The molecule has 0 aromatic heterocycles. The number of hydrogen-bond acceptors (Lipinski definition) is 6. The van der Waals surface area contributed by atoms with E-state index in [0.29, 0.717) is 38.9 Å². The van der Waals surface area contributed by atoms with Crippen LogP contribution in [0.25, 0.3) is 6.08 Å². The summed E-state index contributed by atoms with van der Waals surface area (Å²) in [6, 6.07) is 16.7. The molecule has 1 fully saturated rings. The number of nitrogens with zero attached hydrogens (tertiary/aromatic N) is 1. The number of halogens is 2. The van der Waals surface area contributed by atoms with Crippen LogP contribution < -0.4 is 20.1 Å². The summed E-state index contributed by atoms with van der Waals surface area (Å²) in [4.78, 5) is 30.1. The molecule has 4 rings (SSSR count). The Bertz CT molecular complexity index is 1440. The third kappa shape index (κ3) is 7.30. The average Bonchev–Trinajstić information content (AvgIpc) is 3.20. The van der Waals surface area contributed by atoms with E-state index in [4.69, 9.17) is 21.1 Å². The Morgan fingerprint density at radius 3 is 2.61 bits per heavy atom. The molecule has 2 N–H and O–H groups in total. The largest absolute Gasteiger partial charge is 0.490 e. The molecule has 2 amide bonds. The number of rotatable bonds is 8. The monoisotopic (exact) mass is 661 g/mol. The molecule has 0 radical (unpaired) electrons. The van der Waals surface area contributed by atoms with Crippen molar-refractivity contribution in [1.82, 2.24) is 5.32 Å². The highest BCUT2D eigenvalue weighted by Gasteiger charge is 2.24. The van der Waals surface area contributed by atoms with Crippen molar-refractivity contribution in [2.24, 2.45) is 4.99 Å². The SMILES string of the molecule is CCOc1cc(/C=C2\SC(=Nc3ccc(C)cc3)NC2=O)cc(I)c1OCC(=O)Nc1ccc(C)c(Cl)c1. The van der Waals surface area contributed by atoms with Crippen LogP contribution >= 0.6 is 46.0 Å². The van der Waals surface area contributed by atoms with Gasteiger partial charge in [-0.15, -0.1) is 0 Å². The third-order valence-corrected chi connectivity index (χ3v) is 7.47. The first kappa shape index (κ1) is 28.0. The van der Waals surface area contributed by atoms with Crippen LogP contribution in [0.1, 0.15) is 23.6 Å². The second kappa shape index (κ2) is 12.7. The van der Waals surface area contributed by atoms with Crippen molar-refractivity contribution in [3.63, 3.8) is 0 Å². The van der Waals surface area contributed by atoms with Gasteiger partial charge in [-0.3, -0.25) is 9.59 Å². The van der Waals surface area contributed by atoms with Gasteiger partial charge >= 0.3 is 0 Å². The second-order valence-corrected chi connectivity index (χ2v) is 11.0. The lowest BCUT2D eigenvalue weighted by molar-refractivity contribution is -0.118. The number of ether oxygens (including phenoxy) is 2. The second-order valence-electron chi connectivity index (χ2n) is 8.38. The van der Waals surface area contributed by atoms with Gasteiger partial charge < -0.3 is 20.1 Å². The number of hydrogen-bond donors (Lipinski definition) is 2. The lowest BCUT2D eigenvalue weighted by atomic mass is 10.2. The van der Waals surface area contributed by atoms with Crippen LogP contribution in [0.4, 0.5) is 11.4 Å². The molecule has 1 saturated heterocycles. The Morgan fingerprint density at radius 1 is 1.13 bits per heavy atom. The Labute approximate surface area is 244 Å². The first-order valence-corrected chi connectivity index (χ1v) is 14.0. The van der Waals surface area contributed by atoms with E-state index in [-0.39, 0.29) is 18.4 Å². The van der Waals surface area contributed by atoms with Crippen LogP contribution in [-0.2, 0) is 9.59 Å². The number of nitrogens with one attached hydrogen (secondary N) is 2. The minimum Gasteiger partial charge on any atom is -0.490 e. The molecule has 1 heterocycles. The summed E-state index contributed by atoms with van der Waals surface area (Å²) in [6.07, 6.45) is 1.78. The molecule has 196 valence electrons. The van der Waals surface area contributed by atoms with E-state index in [0.717, 1.165) is 25.9 Å². The zero-order valence-electron chi connectivity index (χ0n) is 20.9. The van der Waals surface area contributed by atoms with E-state index < -0.39 is 0 Å². The third-order valence-electron chi connectivity index (χ3n) is 5.35. The van der Waals surface area contributed by atoms with E-state index in [1.165, 1.54) is 11.8 Å². The van der Waals surface area contributed by atoms with E-state index in [9.17, 15) is 9.59 Å². The average molecular weight is 662 g/mol. The van der Waals surface area contributed by atoms with Crippen LogP contribution in [-0.4, -0.2) is 30.2 Å². The lowest BCUT2D eigenvalue weighted by Gasteiger charge is -2.15. The van der Waals surface area contributed by atoms with Crippen molar-refractivity contribution in [3.8, 4) is 11.5 Å². The van der Waals surface area contributed by atoms with Crippen LogP contribution in [0.2, 0.25) is 5.02 Å². The number of amidine groups is 1. The highest BCUT2D eigenvalue weighted by molar-refractivity contribution is 14.1. The van der Waals surface area contributed by atoms with Crippen molar-refractivity contribution < 1.29 is 19.1 Å². The number of amides is 2. The topological polar surface area (TPSA) is 89.0 Å². The zero-order chi connectivity index (χ0) is 27.2. The van der Waals surface area contributed by atoms with Gasteiger partial charge in [-0.05, 0) is 109 Å². The molecule has 7 nitrogen and oxygen atoms in total. The van der Waals surface area contributed by atoms with Gasteiger partial charge in [0.1, 0.15) is 0 Å². The Kier molecular flexibility index (Phi) is 9.35. The summed E-state index contributed by atoms with van der Waals surface area (Å²) in [5.41, 5.74) is 4.19. The summed E-state index contributed by atoms with van der Waals surface area (Å²) >= 11 is 9.54. The van der Waals surface area contributed by atoms with Crippen molar-refractivity contribution >= 4 is 80.4 Å². The molecule has 0 bridgehead atoms. The zero-order valence-corrected chi connectivity index (χ0v) is 24.7. The molecular formula is C28H25ClIN3O4S. The predicted octanol–water partition coefficient (Wildman–Crippen LogP) is 6.87. The highest BCUT2D eigenvalue weighted by atomic mass is 127. The quantitative estimate of drug-likeness (QED) is 0.203. The number of thioether (sulfide) groups is 1. The Hall–Kier alpha value is -3.02. The summed E-state index contributed by atoms with van der Waals surface area (Å²) in [7, 11) is 0. The smallest absolute Gasteiger partial charge is 0.264 e. The van der Waals surface area contributed by atoms with Crippen LogP contribution in [0.15, 0.2) is 64.5 Å². The van der Waals surface area contributed by atoms with Gasteiger partial charge in [0, 0.05) is 10.7 Å². The molecule has 3 aromatic carbocycles. The molecule has 3 aromatic rings. The standard InChI is InChI=1S/C28H25ClIN3O4S/c1-4-36-23-12-18(13-24-27(35)33-28(38-24)32-19-8-5-16(2)6-9-19)11-22(30)26(23)37-15-25(34)31-20-10-7-17(3)21(29)14-20/h5-14H,4,15H2,1-3H3,(H,31,34)(H,32,33,35)/b24-13-. The maximum atomic E-state index is 12.6. The van der Waals surface area contributed by atoms with Crippen molar-refractivity contribution in [2.75, 3.05) is 18.5 Å². The molecule has 0 unspecified atom stereocenters. The Balaban J connectivity index is 1.48. The first-order valence-electron chi connectivity index (χ1n) is 11.7. The molecule has 38 heavy (non-hydrogen) atoms. The number of aryl methyl sites for hydroxylation is 2. The maximum absolute atomic E-state index is 12.6. The predicted molar refractivity (Wildman–Crippen MR) is 163 cm³/mol. The first-order chi connectivity index (χ1) is 18.2. The molecular weight excluding hydrogens is 637 g/mol. The van der Waals surface area contributed by atoms with E-state index in [1.807, 2.05) is 57.2 Å². The van der Waals surface area contributed by atoms with E-state index in [2.05, 4.69) is 38.2 Å². The fourth-order valence-corrected chi connectivity index (χ4v) is 5.25. The minimum absolute atomic E-state index is 0.209. The fraction of sp³-hybridized carbons (Fsp3) is 0.179. The van der Waals surface area contributed by atoms with E-state index in [1.54, 1.807) is 24.3 Å². The summed E-state index contributed by atoms with van der Waals surface area (Å²) < 4.78 is 12.4. The number of carbonyl (C=O) groups excluding carboxylic acids is 2. The van der Waals surface area contributed by atoms with Crippen LogP contribution in [0.3, 0.4) is 0 Å². The van der Waals surface area contributed by atoms with Crippen molar-refractivity contribution in [1.29, 1.82) is 0 Å². The van der Waals surface area contributed by atoms with Gasteiger partial charge in [-0.1, -0.05) is 35.4 Å². The lowest BCUT2D eigenvalue weighted by Crippen LogP contribution is -2.20. The number of benzene rings is 3. The van der Waals surface area contributed by atoms with Gasteiger partial charge in [-0.25, -0.2) is 4.99 Å². The van der Waals surface area contributed by atoms with Crippen molar-refractivity contribution in [3.05, 3.63) is 84.8 Å². The molecule has 0 atom stereocenters. The van der Waals surface area contributed by atoms with E-state index >= 15 is 0 Å². The molecule has 1 aliphatic rings. The van der Waals surface area contributed by atoms with Gasteiger partial charge in [0.2, 0.25) is 0 Å². The summed E-state index contributed by atoms with van der Waals surface area (Å²) in [5, 5.41) is 6.68. The molecule has 1 aliphatic heterocycles. The molecule has 0 saturated carbocycles. The van der Waals surface area contributed by atoms with Gasteiger partial charge in [0.25, 0.3) is 11.8 Å². The van der Waals surface area contributed by atoms with Crippen LogP contribution in [0.5, 0.6) is 11.5 Å². The minimum atomic E-state index is -0.325. The number of carbonyl (C=O) groups is 2. The summed E-state index contributed by atoms with van der Waals surface area (Å²) in [6.45, 7) is 5.96. The normalized spacial score (nSPS) is 15.0. The van der Waals surface area contributed by atoms with Gasteiger partial charge in [-0.2, -0.15) is 0 Å². The number of aliphatic imine (C=N–C) groups is 1. The molecule has 0 spiro atoms. The van der Waals surface area contributed by atoms with Gasteiger partial charge in [0.05, 0.1) is 20.8 Å². The Morgan fingerprint density at radius 2 is 1.89 bits per heavy atom. The molecule has 0 aliphatic carbocycles. The molecule has 10 heteroatoms. The van der Waals surface area contributed by atoms with Gasteiger partial charge in [0.15, 0.2) is 23.3 Å². The summed E-state index contributed by atoms with van der Waals surface area (Å²) in [5.74, 6) is 0.391. The fourth-order valence-electron chi connectivity index (χ4n) is 3.45. The maximum Gasteiger partial charge on any atom is 0.264 e. The highest BCUT2D eigenvalue weighted by Crippen LogP contribution is 2.36. The van der Waals surface area contributed by atoms with Crippen LogP contribution in [0, 0.1) is 17.4 Å².